The first-order chi connectivity index (χ1) is 20.2. The van der Waals surface area contributed by atoms with Crippen LogP contribution in [0.15, 0.2) is 15.0 Å². The van der Waals surface area contributed by atoms with Gasteiger partial charge in [0.05, 0.1) is 5.71 Å². The van der Waals surface area contributed by atoms with Crippen molar-refractivity contribution in [3.05, 3.63) is 0 Å². The van der Waals surface area contributed by atoms with Crippen molar-refractivity contribution in [3.63, 3.8) is 0 Å². The maximum absolute atomic E-state index is 15.4. The Morgan fingerprint density at radius 1 is 1.00 bits per heavy atom. The van der Waals surface area contributed by atoms with E-state index in [1.165, 1.54) is 17.7 Å². The van der Waals surface area contributed by atoms with E-state index < -0.39 is 30.8 Å². The minimum atomic E-state index is -4.47. The zero-order valence-corrected chi connectivity index (χ0v) is 23.9. The fourth-order valence-corrected chi connectivity index (χ4v) is 7.24. The summed E-state index contributed by atoms with van der Waals surface area (Å²) in [5.41, 5.74) is 0.628. The number of rotatable bonds is 8. The molecular weight excluding hydrogens is 554 g/mol. The topological polar surface area (TPSA) is 109 Å². The van der Waals surface area contributed by atoms with Gasteiger partial charge in [-0.2, -0.15) is 13.2 Å². The minimum absolute atomic E-state index is 0.0492. The molecule has 4 fully saturated rings. The Kier molecular flexibility index (Phi) is 9.25. The SMILES string of the molecule is O=C(CC(F)(F)F)N1CCN(CC2CC=NC(NC3NC4CCC(C5=NC=NC(NC6CCC6)C5F)CC4N3)C2)CC1. The third kappa shape index (κ3) is 7.37. The summed E-state index contributed by atoms with van der Waals surface area (Å²) in [6.45, 7) is 2.66. The van der Waals surface area contributed by atoms with Gasteiger partial charge >= 0.3 is 6.18 Å². The van der Waals surface area contributed by atoms with Gasteiger partial charge in [0.1, 0.15) is 31.4 Å². The van der Waals surface area contributed by atoms with Gasteiger partial charge in [0, 0.05) is 63.0 Å². The molecule has 1 amide bonds. The van der Waals surface area contributed by atoms with Crippen LogP contribution < -0.4 is 21.3 Å². The number of fused-ring (bicyclic) bond motifs is 1. The molecule has 0 radical (unpaired) electrons. The van der Waals surface area contributed by atoms with Crippen LogP contribution in [0, 0.1) is 11.8 Å². The number of hydrogen-bond donors (Lipinski definition) is 4. The van der Waals surface area contributed by atoms with Crippen LogP contribution in [0.5, 0.6) is 0 Å². The van der Waals surface area contributed by atoms with E-state index in [4.69, 9.17) is 0 Å². The summed E-state index contributed by atoms with van der Waals surface area (Å²) < 4.78 is 53.2. The molecule has 0 aromatic heterocycles. The highest BCUT2D eigenvalue weighted by atomic mass is 19.4. The molecule has 6 aliphatic rings. The maximum atomic E-state index is 15.4. The zero-order chi connectivity index (χ0) is 29.3. The molecule has 42 heavy (non-hydrogen) atoms. The second-order valence-corrected chi connectivity index (χ2v) is 12.8. The van der Waals surface area contributed by atoms with E-state index in [0.29, 0.717) is 49.9 Å². The number of aliphatic imine (C=N–C) groups is 3. The average Bonchev–Trinajstić information content (AvgIpc) is 3.32. The number of carbonyl (C=O) groups is 1. The van der Waals surface area contributed by atoms with Crippen molar-refractivity contribution in [3.8, 4) is 0 Å². The molecule has 2 saturated heterocycles. The van der Waals surface area contributed by atoms with Gasteiger partial charge < -0.3 is 4.90 Å². The summed E-state index contributed by atoms with van der Waals surface area (Å²) in [6.07, 6.45) is 3.53. The van der Waals surface area contributed by atoms with Gasteiger partial charge in [-0.15, -0.1) is 0 Å². The Hall–Kier alpha value is -2.00. The highest BCUT2D eigenvalue weighted by molar-refractivity contribution is 5.97. The molecule has 0 aromatic rings. The molecule has 2 saturated carbocycles. The van der Waals surface area contributed by atoms with E-state index in [2.05, 4.69) is 41.1 Å². The van der Waals surface area contributed by atoms with Gasteiger partial charge in [0.15, 0.2) is 6.17 Å². The van der Waals surface area contributed by atoms with Crippen molar-refractivity contribution in [2.45, 2.75) is 107 Å². The molecule has 8 atom stereocenters. The lowest BCUT2D eigenvalue weighted by Crippen LogP contribution is -2.53. The van der Waals surface area contributed by atoms with Crippen LogP contribution in [0.3, 0.4) is 0 Å². The van der Waals surface area contributed by atoms with Gasteiger partial charge in [0.2, 0.25) is 5.91 Å². The summed E-state index contributed by atoms with van der Waals surface area (Å²) in [4.78, 5) is 28.8. The lowest BCUT2D eigenvalue weighted by molar-refractivity contribution is -0.162. The zero-order valence-electron chi connectivity index (χ0n) is 23.9. The summed E-state index contributed by atoms with van der Waals surface area (Å²) >= 11 is 0. The first-order valence-corrected chi connectivity index (χ1v) is 15.6. The molecule has 0 spiro atoms. The summed E-state index contributed by atoms with van der Waals surface area (Å²) in [6, 6.07) is 0.883. The van der Waals surface area contributed by atoms with Crippen LogP contribution in [0.4, 0.5) is 17.6 Å². The van der Waals surface area contributed by atoms with Gasteiger partial charge in [-0.05, 0) is 50.9 Å². The number of carbonyl (C=O) groups excluding carboxylic acids is 1. The Labute approximate surface area is 244 Å². The second-order valence-electron chi connectivity index (χ2n) is 12.8. The van der Waals surface area contributed by atoms with Crippen molar-refractivity contribution < 1.29 is 22.4 Å². The third-order valence-electron chi connectivity index (χ3n) is 9.77. The van der Waals surface area contributed by atoms with E-state index in [9.17, 15) is 18.0 Å². The van der Waals surface area contributed by atoms with Crippen molar-refractivity contribution in [2.75, 3.05) is 32.7 Å². The molecule has 0 bridgehead atoms. The highest BCUT2D eigenvalue weighted by Crippen LogP contribution is 2.32. The van der Waals surface area contributed by atoms with Gasteiger partial charge in [-0.3, -0.25) is 40.9 Å². The Morgan fingerprint density at radius 2 is 1.79 bits per heavy atom. The number of nitrogens with one attached hydrogen (secondary N) is 4. The number of nitrogens with zero attached hydrogens (tertiary/aromatic N) is 5. The molecule has 4 heterocycles. The average molecular weight is 598 g/mol. The van der Waals surface area contributed by atoms with Crippen molar-refractivity contribution >= 4 is 24.2 Å². The van der Waals surface area contributed by atoms with E-state index in [0.717, 1.165) is 51.5 Å². The van der Waals surface area contributed by atoms with Crippen molar-refractivity contribution in [1.29, 1.82) is 0 Å². The summed E-state index contributed by atoms with van der Waals surface area (Å²) in [7, 11) is 0. The van der Waals surface area contributed by atoms with Crippen LogP contribution in [0.2, 0.25) is 0 Å². The Bertz CT molecular complexity index is 1040. The van der Waals surface area contributed by atoms with Crippen LogP contribution in [0.1, 0.15) is 57.8 Å². The summed E-state index contributed by atoms with van der Waals surface area (Å²) in [5.74, 6) is -0.373. The van der Waals surface area contributed by atoms with Crippen molar-refractivity contribution in [2.24, 2.45) is 26.8 Å². The molecule has 6 rings (SSSR count). The normalized spacial score (nSPS) is 37.8. The molecule has 8 unspecified atom stereocenters. The number of hydrogen-bond acceptors (Lipinski definition) is 9. The fourth-order valence-electron chi connectivity index (χ4n) is 7.24. The number of amides is 1. The number of alkyl halides is 4. The number of halogens is 4. The molecular formula is C28H43F4N9O. The quantitative estimate of drug-likeness (QED) is 0.318. The molecule has 4 N–H and O–H groups in total. The van der Waals surface area contributed by atoms with Gasteiger partial charge in [-0.1, -0.05) is 6.42 Å². The monoisotopic (exact) mass is 597 g/mol. The van der Waals surface area contributed by atoms with Crippen LogP contribution in [-0.2, 0) is 4.79 Å². The first kappa shape index (κ1) is 30.0. The predicted molar refractivity (Wildman–Crippen MR) is 152 cm³/mol. The van der Waals surface area contributed by atoms with Crippen LogP contribution in [-0.4, -0.2) is 116 Å². The van der Waals surface area contributed by atoms with E-state index in [1.54, 1.807) is 0 Å². The summed E-state index contributed by atoms with van der Waals surface area (Å²) in [5, 5.41) is 14.3. The third-order valence-corrected chi connectivity index (χ3v) is 9.77. The van der Waals surface area contributed by atoms with Gasteiger partial charge in [0.25, 0.3) is 0 Å². The predicted octanol–water partition coefficient (Wildman–Crippen LogP) is 1.78. The lowest BCUT2D eigenvalue weighted by Gasteiger charge is -2.37. The molecule has 10 nitrogen and oxygen atoms in total. The molecule has 234 valence electrons. The lowest BCUT2D eigenvalue weighted by atomic mass is 9.78. The molecule has 2 aliphatic carbocycles. The van der Waals surface area contributed by atoms with E-state index in [-0.39, 0.29) is 24.4 Å². The second kappa shape index (κ2) is 12.9. The van der Waals surface area contributed by atoms with E-state index >= 15 is 4.39 Å². The molecule has 14 heteroatoms. The maximum Gasteiger partial charge on any atom is 0.397 e. The minimum Gasteiger partial charge on any atom is -0.340 e. The van der Waals surface area contributed by atoms with Gasteiger partial charge in [-0.25, -0.2) is 9.38 Å². The Morgan fingerprint density at radius 3 is 2.52 bits per heavy atom. The smallest absolute Gasteiger partial charge is 0.340 e. The molecule has 4 aliphatic heterocycles. The highest BCUT2D eigenvalue weighted by Gasteiger charge is 2.43. The van der Waals surface area contributed by atoms with Crippen LogP contribution >= 0.6 is 0 Å². The molecule has 0 aromatic carbocycles. The Balaban J connectivity index is 0.935. The first-order valence-electron chi connectivity index (χ1n) is 15.6. The number of piperazine rings is 1. The standard InChI is InChI=1S/C28H43F4N9O/c29-24-25(34-16-35-26(24)36-19-2-1-3-19)18-4-5-20-21(13-18)38-27(37-20)39-22-12-17(6-7-33-22)15-40-8-10-41(11-9-40)23(42)14-28(30,31)32/h7,16-22,24,26-27,36-39H,1-6,8-15H2. The fraction of sp³-hybridized carbons (Fsp3) is 0.857. The van der Waals surface area contributed by atoms with Crippen LogP contribution in [0.25, 0.3) is 0 Å². The largest absolute Gasteiger partial charge is 0.397 e. The van der Waals surface area contributed by atoms with Crippen molar-refractivity contribution in [1.82, 2.24) is 31.1 Å². The van der Waals surface area contributed by atoms with E-state index in [1.807, 2.05) is 6.21 Å².